The lowest BCUT2D eigenvalue weighted by atomic mass is 9.73. The fraction of sp³-hybridized carbons (Fsp3) is 0.556. The number of aliphatic hydroxyl groups excluding tert-OH is 2. The standard InChI is InChI=1S/C18H24FN5O3/c1-13-20-21-22-24(13)9-7-17(27)23-8-6-16(26)18(11-23,12-25)10-14-2-4-15(19)5-3-14/h2-5,16,25-26H,6-12H2,1H3/t16-,18-/m0/s1. The smallest absolute Gasteiger partial charge is 0.224 e. The van der Waals surface area contributed by atoms with Crippen LogP contribution in [-0.4, -0.2) is 67.0 Å². The van der Waals surface area contributed by atoms with Gasteiger partial charge in [-0.05, 0) is 47.9 Å². The normalized spacial score (nSPS) is 22.8. The Morgan fingerprint density at radius 1 is 1.37 bits per heavy atom. The van der Waals surface area contributed by atoms with Gasteiger partial charge in [0, 0.05) is 24.9 Å². The van der Waals surface area contributed by atoms with Gasteiger partial charge in [-0.2, -0.15) is 0 Å². The Kier molecular flexibility index (Phi) is 5.81. The number of tetrazole rings is 1. The third-order valence-corrected chi connectivity index (χ3v) is 5.27. The van der Waals surface area contributed by atoms with Crippen molar-refractivity contribution < 1.29 is 19.4 Å². The SMILES string of the molecule is Cc1nnnn1CCC(=O)N1CC[C@H](O)[C@@](CO)(Cc2ccc(F)cc2)C1. The summed E-state index contributed by atoms with van der Waals surface area (Å²) >= 11 is 0. The maximum Gasteiger partial charge on any atom is 0.224 e. The van der Waals surface area contributed by atoms with Gasteiger partial charge in [0.1, 0.15) is 11.6 Å². The van der Waals surface area contributed by atoms with Gasteiger partial charge in [0.05, 0.1) is 19.3 Å². The van der Waals surface area contributed by atoms with Crippen molar-refractivity contribution in [3.05, 3.63) is 41.5 Å². The molecule has 0 unspecified atom stereocenters. The van der Waals surface area contributed by atoms with E-state index in [1.54, 1.807) is 28.6 Å². The number of likely N-dealkylation sites (tertiary alicyclic amines) is 1. The van der Waals surface area contributed by atoms with Crippen molar-refractivity contribution in [1.82, 2.24) is 25.1 Å². The zero-order chi connectivity index (χ0) is 19.4. The van der Waals surface area contributed by atoms with Crippen molar-refractivity contribution in [2.75, 3.05) is 19.7 Å². The fourth-order valence-corrected chi connectivity index (χ4v) is 3.57. The molecular formula is C18H24FN5O3. The van der Waals surface area contributed by atoms with E-state index < -0.39 is 11.5 Å². The highest BCUT2D eigenvalue weighted by molar-refractivity contribution is 5.76. The summed E-state index contributed by atoms with van der Waals surface area (Å²) in [5, 5.41) is 31.8. The highest BCUT2D eigenvalue weighted by Crippen LogP contribution is 2.34. The summed E-state index contributed by atoms with van der Waals surface area (Å²) in [6, 6.07) is 5.99. The number of piperidine rings is 1. The highest BCUT2D eigenvalue weighted by atomic mass is 19.1. The van der Waals surface area contributed by atoms with Gasteiger partial charge < -0.3 is 15.1 Å². The molecule has 2 N–H and O–H groups in total. The topological polar surface area (TPSA) is 104 Å². The summed E-state index contributed by atoms with van der Waals surface area (Å²) in [6.07, 6.45) is 0.247. The number of carbonyl (C=O) groups is 1. The number of nitrogens with zero attached hydrogens (tertiary/aromatic N) is 5. The number of aryl methyl sites for hydroxylation is 2. The molecule has 0 bridgehead atoms. The van der Waals surface area contributed by atoms with E-state index in [1.807, 2.05) is 0 Å². The third-order valence-electron chi connectivity index (χ3n) is 5.27. The first-order valence-electron chi connectivity index (χ1n) is 8.97. The van der Waals surface area contributed by atoms with Crippen LogP contribution >= 0.6 is 0 Å². The summed E-state index contributed by atoms with van der Waals surface area (Å²) in [5.74, 6) is 0.224. The number of benzene rings is 1. The van der Waals surface area contributed by atoms with Crippen molar-refractivity contribution in [3.63, 3.8) is 0 Å². The first kappa shape index (κ1) is 19.4. The van der Waals surface area contributed by atoms with Crippen molar-refractivity contribution in [3.8, 4) is 0 Å². The Morgan fingerprint density at radius 3 is 2.74 bits per heavy atom. The molecule has 146 valence electrons. The van der Waals surface area contributed by atoms with E-state index in [4.69, 9.17) is 0 Å². The van der Waals surface area contributed by atoms with Crippen molar-refractivity contribution in [2.24, 2.45) is 5.41 Å². The van der Waals surface area contributed by atoms with E-state index >= 15 is 0 Å². The van der Waals surface area contributed by atoms with Gasteiger partial charge in [-0.1, -0.05) is 12.1 Å². The first-order valence-corrected chi connectivity index (χ1v) is 8.97. The summed E-state index contributed by atoms with van der Waals surface area (Å²) in [4.78, 5) is 14.3. The largest absolute Gasteiger partial charge is 0.396 e. The predicted molar refractivity (Wildman–Crippen MR) is 94.0 cm³/mol. The maximum absolute atomic E-state index is 13.1. The number of hydrogen-bond acceptors (Lipinski definition) is 6. The zero-order valence-corrected chi connectivity index (χ0v) is 15.3. The van der Waals surface area contributed by atoms with Gasteiger partial charge in [0.15, 0.2) is 0 Å². The van der Waals surface area contributed by atoms with Crippen molar-refractivity contribution >= 4 is 5.91 Å². The monoisotopic (exact) mass is 377 g/mol. The molecule has 0 radical (unpaired) electrons. The lowest BCUT2D eigenvalue weighted by Crippen LogP contribution is -2.56. The van der Waals surface area contributed by atoms with Crippen LogP contribution in [0.2, 0.25) is 0 Å². The molecule has 0 aliphatic carbocycles. The average Bonchev–Trinajstić information content (AvgIpc) is 3.08. The molecule has 1 aromatic heterocycles. The third kappa shape index (κ3) is 4.30. The maximum atomic E-state index is 13.1. The first-order chi connectivity index (χ1) is 12.9. The Morgan fingerprint density at radius 2 is 2.11 bits per heavy atom. The number of carbonyl (C=O) groups excluding carboxylic acids is 1. The van der Waals surface area contributed by atoms with Crippen LogP contribution in [0.15, 0.2) is 24.3 Å². The van der Waals surface area contributed by atoms with E-state index in [2.05, 4.69) is 15.5 Å². The highest BCUT2D eigenvalue weighted by Gasteiger charge is 2.43. The van der Waals surface area contributed by atoms with Crippen molar-refractivity contribution in [1.29, 1.82) is 0 Å². The number of hydrogen-bond donors (Lipinski definition) is 2. The Labute approximate surface area is 156 Å². The van der Waals surface area contributed by atoms with Crippen LogP contribution in [0.3, 0.4) is 0 Å². The predicted octanol–water partition coefficient (Wildman–Crippen LogP) is 0.325. The minimum Gasteiger partial charge on any atom is -0.396 e. The molecule has 1 saturated heterocycles. The zero-order valence-electron chi connectivity index (χ0n) is 15.3. The minimum absolute atomic E-state index is 0.0752. The minimum atomic E-state index is -0.865. The molecule has 3 rings (SSSR count). The summed E-state index contributed by atoms with van der Waals surface area (Å²) in [5.41, 5.74) is -0.0562. The Bertz CT molecular complexity index is 782. The average molecular weight is 377 g/mol. The second-order valence-electron chi connectivity index (χ2n) is 7.14. The summed E-state index contributed by atoms with van der Waals surface area (Å²) in [6.45, 7) is 2.55. The van der Waals surface area contributed by atoms with Crippen LogP contribution in [-0.2, 0) is 17.8 Å². The number of amides is 1. The van der Waals surface area contributed by atoms with Crippen LogP contribution in [0.25, 0.3) is 0 Å². The van der Waals surface area contributed by atoms with Gasteiger partial charge in [0.25, 0.3) is 0 Å². The van der Waals surface area contributed by atoms with Crippen LogP contribution in [0.1, 0.15) is 24.2 Å². The molecule has 2 atom stereocenters. The lowest BCUT2D eigenvalue weighted by molar-refractivity contribution is -0.142. The molecule has 9 heteroatoms. The van der Waals surface area contributed by atoms with Gasteiger partial charge in [0.2, 0.25) is 5.91 Å². The number of aromatic nitrogens is 4. The Balaban J connectivity index is 1.68. The summed E-state index contributed by atoms with van der Waals surface area (Å²) < 4.78 is 14.7. The van der Waals surface area contributed by atoms with E-state index in [0.29, 0.717) is 31.8 Å². The molecule has 1 fully saturated rings. The molecule has 1 aliphatic heterocycles. The molecule has 1 aliphatic rings. The molecule has 0 spiro atoms. The molecule has 1 aromatic carbocycles. The van der Waals surface area contributed by atoms with Crippen molar-refractivity contribution in [2.45, 2.75) is 38.8 Å². The van der Waals surface area contributed by atoms with Crippen LogP contribution in [0.4, 0.5) is 4.39 Å². The molecule has 1 amide bonds. The van der Waals surface area contributed by atoms with E-state index in [1.165, 1.54) is 12.1 Å². The van der Waals surface area contributed by atoms with E-state index in [0.717, 1.165) is 5.56 Å². The Hall–Kier alpha value is -2.39. The second-order valence-corrected chi connectivity index (χ2v) is 7.14. The van der Waals surface area contributed by atoms with Gasteiger partial charge in [-0.25, -0.2) is 9.07 Å². The summed E-state index contributed by atoms with van der Waals surface area (Å²) in [7, 11) is 0. The molecule has 2 heterocycles. The van der Waals surface area contributed by atoms with E-state index in [9.17, 15) is 19.4 Å². The molecule has 8 nitrogen and oxygen atoms in total. The number of rotatable bonds is 6. The van der Waals surface area contributed by atoms with Gasteiger partial charge in [-0.3, -0.25) is 4.79 Å². The second kappa shape index (κ2) is 8.10. The van der Waals surface area contributed by atoms with Crippen LogP contribution in [0, 0.1) is 18.2 Å². The van der Waals surface area contributed by atoms with Gasteiger partial charge in [-0.15, -0.1) is 5.10 Å². The molecule has 27 heavy (non-hydrogen) atoms. The quantitative estimate of drug-likeness (QED) is 0.752. The lowest BCUT2D eigenvalue weighted by Gasteiger charge is -2.45. The fourth-order valence-electron chi connectivity index (χ4n) is 3.57. The molecular weight excluding hydrogens is 353 g/mol. The molecule has 2 aromatic rings. The van der Waals surface area contributed by atoms with Crippen LogP contribution < -0.4 is 0 Å². The number of aliphatic hydroxyl groups is 2. The van der Waals surface area contributed by atoms with Crippen LogP contribution in [0.5, 0.6) is 0 Å². The number of halogens is 1. The molecule has 0 saturated carbocycles. The van der Waals surface area contributed by atoms with Gasteiger partial charge >= 0.3 is 0 Å². The van der Waals surface area contributed by atoms with E-state index in [-0.39, 0.29) is 31.3 Å².